The summed E-state index contributed by atoms with van der Waals surface area (Å²) >= 11 is 1.68. The second-order valence-corrected chi connectivity index (χ2v) is 6.00. The van der Waals surface area contributed by atoms with E-state index in [1.54, 1.807) is 16.7 Å². The van der Waals surface area contributed by atoms with E-state index in [-0.39, 0.29) is 11.5 Å². The van der Waals surface area contributed by atoms with Gasteiger partial charge in [0.05, 0.1) is 5.92 Å². The van der Waals surface area contributed by atoms with Crippen LogP contribution >= 0.6 is 11.8 Å². The Balaban J connectivity index is 2.24. The average molecular weight is 299 g/mol. The first kappa shape index (κ1) is 15.3. The molecule has 1 atom stereocenters. The minimum absolute atomic E-state index is 0.0685. The summed E-state index contributed by atoms with van der Waals surface area (Å²) in [5.74, 6) is -1.51. The van der Waals surface area contributed by atoms with Crippen LogP contribution < -0.4 is 0 Å². The predicted octanol–water partition coefficient (Wildman–Crippen LogP) is 3.42. The molecule has 1 saturated heterocycles. The van der Waals surface area contributed by atoms with Gasteiger partial charge in [0.2, 0.25) is 5.91 Å². The lowest BCUT2D eigenvalue weighted by Crippen LogP contribution is -2.36. The lowest BCUT2D eigenvalue weighted by atomic mass is 9.93. The number of carbonyl (C=O) groups excluding carboxylic acids is 1. The fourth-order valence-corrected chi connectivity index (χ4v) is 3.01. The number of amides is 1. The Morgan fingerprint density at radius 3 is 2.90 bits per heavy atom. The molecule has 2 nitrogen and oxygen atoms in total. The number of hydrogen-bond acceptors (Lipinski definition) is 2. The van der Waals surface area contributed by atoms with Gasteiger partial charge < -0.3 is 4.90 Å². The molecule has 20 heavy (non-hydrogen) atoms. The molecule has 1 fully saturated rings. The third kappa shape index (κ3) is 3.32. The van der Waals surface area contributed by atoms with Crippen molar-refractivity contribution in [1.29, 1.82) is 0 Å². The normalized spacial score (nSPS) is 20.1. The lowest BCUT2D eigenvalue weighted by molar-refractivity contribution is -0.132. The van der Waals surface area contributed by atoms with Crippen molar-refractivity contribution in [2.75, 3.05) is 25.1 Å². The molecule has 0 bridgehead atoms. The molecule has 1 aliphatic rings. The fourth-order valence-electron chi connectivity index (χ4n) is 2.61. The Kier molecular flexibility index (Phi) is 5.40. The molecule has 0 spiro atoms. The second kappa shape index (κ2) is 7.07. The van der Waals surface area contributed by atoms with Crippen molar-refractivity contribution in [3.63, 3.8) is 0 Å². The summed E-state index contributed by atoms with van der Waals surface area (Å²) in [5.41, 5.74) is 0.200. The molecular formula is C15H19F2NOS. The highest BCUT2D eigenvalue weighted by atomic mass is 32.2. The molecule has 1 unspecified atom stereocenters. The highest BCUT2D eigenvalue weighted by molar-refractivity contribution is 7.98. The van der Waals surface area contributed by atoms with E-state index in [1.807, 2.05) is 6.26 Å². The SMILES string of the molecule is CSCCN1CCCCC(c2cccc(F)c2F)C1=O. The van der Waals surface area contributed by atoms with Crippen molar-refractivity contribution in [3.05, 3.63) is 35.4 Å². The zero-order valence-corrected chi connectivity index (χ0v) is 12.4. The number of halogens is 2. The Hall–Kier alpha value is -1.10. The molecular weight excluding hydrogens is 280 g/mol. The van der Waals surface area contributed by atoms with E-state index in [4.69, 9.17) is 0 Å². The van der Waals surface area contributed by atoms with E-state index in [0.717, 1.165) is 24.7 Å². The van der Waals surface area contributed by atoms with Gasteiger partial charge in [0, 0.05) is 24.4 Å². The standard InChI is InChI=1S/C15H19F2NOS/c1-20-10-9-18-8-3-2-5-12(15(18)19)11-6-4-7-13(16)14(11)17/h4,6-7,12H,2-3,5,8-10H2,1H3. The van der Waals surface area contributed by atoms with Gasteiger partial charge in [0.1, 0.15) is 0 Å². The van der Waals surface area contributed by atoms with Gasteiger partial charge >= 0.3 is 0 Å². The van der Waals surface area contributed by atoms with Crippen molar-refractivity contribution in [1.82, 2.24) is 4.90 Å². The van der Waals surface area contributed by atoms with Crippen LogP contribution in [0.2, 0.25) is 0 Å². The maximum Gasteiger partial charge on any atom is 0.230 e. The van der Waals surface area contributed by atoms with Gasteiger partial charge in [-0.3, -0.25) is 4.79 Å². The molecule has 0 N–H and O–H groups in total. The van der Waals surface area contributed by atoms with Crippen molar-refractivity contribution in [2.45, 2.75) is 25.2 Å². The molecule has 1 amide bonds. The smallest absolute Gasteiger partial charge is 0.230 e. The summed E-state index contributed by atoms with van der Waals surface area (Å²) in [6, 6.07) is 4.09. The number of likely N-dealkylation sites (tertiary alicyclic amines) is 1. The fraction of sp³-hybridized carbons (Fsp3) is 0.533. The van der Waals surface area contributed by atoms with E-state index < -0.39 is 17.6 Å². The maximum atomic E-state index is 13.9. The van der Waals surface area contributed by atoms with Crippen LogP contribution in [0.3, 0.4) is 0 Å². The van der Waals surface area contributed by atoms with E-state index in [9.17, 15) is 13.6 Å². The van der Waals surface area contributed by atoms with Crippen LogP contribution in [0.15, 0.2) is 18.2 Å². The molecule has 5 heteroatoms. The minimum Gasteiger partial charge on any atom is -0.341 e. The number of carbonyl (C=O) groups is 1. The highest BCUT2D eigenvalue weighted by Gasteiger charge is 2.30. The first-order valence-corrected chi connectivity index (χ1v) is 8.26. The molecule has 0 aromatic heterocycles. The summed E-state index contributed by atoms with van der Waals surface area (Å²) in [6.07, 6.45) is 4.37. The second-order valence-electron chi connectivity index (χ2n) is 5.01. The molecule has 1 aliphatic heterocycles. The molecule has 110 valence electrons. The van der Waals surface area contributed by atoms with Crippen molar-refractivity contribution >= 4 is 17.7 Å². The number of nitrogens with zero attached hydrogens (tertiary/aromatic N) is 1. The third-order valence-corrected chi connectivity index (χ3v) is 4.29. The van der Waals surface area contributed by atoms with Crippen LogP contribution in [0.25, 0.3) is 0 Å². The summed E-state index contributed by atoms with van der Waals surface area (Å²) < 4.78 is 27.3. The monoisotopic (exact) mass is 299 g/mol. The molecule has 0 aliphatic carbocycles. The molecule has 2 rings (SSSR count). The van der Waals surface area contributed by atoms with Gasteiger partial charge in [0.15, 0.2) is 11.6 Å². The predicted molar refractivity (Wildman–Crippen MR) is 77.9 cm³/mol. The summed E-state index contributed by atoms with van der Waals surface area (Å²) in [7, 11) is 0. The Labute approximate surface area is 122 Å². The molecule has 1 heterocycles. The third-order valence-electron chi connectivity index (χ3n) is 3.70. The average Bonchev–Trinajstić information content (AvgIpc) is 2.62. The Morgan fingerprint density at radius 2 is 2.15 bits per heavy atom. The molecule has 1 aromatic carbocycles. The summed E-state index contributed by atoms with van der Waals surface area (Å²) in [6.45, 7) is 1.39. The van der Waals surface area contributed by atoms with Crippen molar-refractivity contribution in [3.8, 4) is 0 Å². The number of hydrogen-bond donors (Lipinski definition) is 0. The first-order chi connectivity index (χ1) is 9.65. The topological polar surface area (TPSA) is 20.3 Å². The van der Waals surface area contributed by atoms with E-state index in [0.29, 0.717) is 19.5 Å². The summed E-state index contributed by atoms with van der Waals surface area (Å²) in [4.78, 5) is 14.3. The number of rotatable bonds is 4. The largest absolute Gasteiger partial charge is 0.341 e. The van der Waals surface area contributed by atoms with Crippen LogP contribution in [0, 0.1) is 11.6 Å². The van der Waals surface area contributed by atoms with Crippen LogP contribution in [0.5, 0.6) is 0 Å². The molecule has 0 saturated carbocycles. The zero-order valence-electron chi connectivity index (χ0n) is 11.6. The van der Waals surface area contributed by atoms with Crippen molar-refractivity contribution in [2.24, 2.45) is 0 Å². The van der Waals surface area contributed by atoms with Gasteiger partial charge in [-0.1, -0.05) is 18.6 Å². The Bertz CT molecular complexity index is 481. The van der Waals surface area contributed by atoms with Crippen LogP contribution in [0.1, 0.15) is 30.7 Å². The van der Waals surface area contributed by atoms with Gasteiger partial charge in [-0.05, 0) is 25.2 Å². The quantitative estimate of drug-likeness (QED) is 0.849. The van der Waals surface area contributed by atoms with Crippen LogP contribution in [-0.2, 0) is 4.79 Å². The van der Waals surface area contributed by atoms with E-state index in [1.165, 1.54) is 12.1 Å². The van der Waals surface area contributed by atoms with Crippen LogP contribution in [-0.4, -0.2) is 35.9 Å². The van der Waals surface area contributed by atoms with Crippen LogP contribution in [0.4, 0.5) is 8.78 Å². The Morgan fingerprint density at radius 1 is 1.35 bits per heavy atom. The van der Waals surface area contributed by atoms with Gasteiger partial charge in [-0.15, -0.1) is 0 Å². The van der Waals surface area contributed by atoms with E-state index in [2.05, 4.69) is 0 Å². The maximum absolute atomic E-state index is 13.9. The number of thioether (sulfide) groups is 1. The summed E-state index contributed by atoms with van der Waals surface area (Å²) in [5, 5.41) is 0. The zero-order chi connectivity index (χ0) is 14.5. The van der Waals surface area contributed by atoms with E-state index >= 15 is 0 Å². The minimum atomic E-state index is -0.879. The van der Waals surface area contributed by atoms with Gasteiger partial charge in [-0.25, -0.2) is 8.78 Å². The molecule has 0 radical (unpaired) electrons. The number of benzene rings is 1. The van der Waals surface area contributed by atoms with Gasteiger partial charge in [0.25, 0.3) is 0 Å². The lowest BCUT2D eigenvalue weighted by Gasteiger charge is -2.24. The molecule has 1 aromatic rings. The first-order valence-electron chi connectivity index (χ1n) is 6.86. The highest BCUT2D eigenvalue weighted by Crippen LogP contribution is 2.30. The van der Waals surface area contributed by atoms with Gasteiger partial charge in [-0.2, -0.15) is 11.8 Å². The van der Waals surface area contributed by atoms with Crippen molar-refractivity contribution < 1.29 is 13.6 Å².